The Hall–Kier alpha value is -3.40. The van der Waals surface area contributed by atoms with E-state index in [-0.39, 0.29) is 19.3 Å². The number of aliphatic carboxylic acids is 1. The Labute approximate surface area is 160 Å². The van der Waals surface area contributed by atoms with Crippen LogP contribution in [0.1, 0.15) is 18.4 Å². The fourth-order valence-corrected chi connectivity index (χ4v) is 2.72. The Bertz CT molecular complexity index is 878. The monoisotopic (exact) mass is 389 g/mol. The Morgan fingerprint density at radius 2 is 1.89 bits per heavy atom. The van der Waals surface area contributed by atoms with Gasteiger partial charge < -0.3 is 32.2 Å². The van der Waals surface area contributed by atoms with E-state index in [9.17, 15) is 19.2 Å². The SMILES string of the molecule is NC(=O)CCC(NC(=O)CNC(=O)C(N)Cc1c[nH]c2ccccc12)C(=O)O. The molecule has 0 fully saturated rings. The van der Waals surface area contributed by atoms with E-state index in [1.807, 2.05) is 24.3 Å². The fraction of sp³-hybridized carbons (Fsp3) is 0.333. The number of nitrogens with two attached hydrogens (primary N) is 2. The number of hydrogen-bond acceptors (Lipinski definition) is 5. The number of carbonyl (C=O) groups is 4. The van der Waals surface area contributed by atoms with Crippen LogP contribution >= 0.6 is 0 Å². The molecule has 0 saturated heterocycles. The van der Waals surface area contributed by atoms with Crippen molar-refractivity contribution >= 4 is 34.6 Å². The maximum atomic E-state index is 12.1. The molecule has 0 saturated carbocycles. The van der Waals surface area contributed by atoms with Crippen molar-refractivity contribution in [3.8, 4) is 0 Å². The molecule has 2 rings (SSSR count). The van der Waals surface area contributed by atoms with Crippen LogP contribution in [-0.2, 0) is 25.6 Å². The van der Waals surface area contributed by atoms with Gasteiger partial charge >= 0.3 is 5.97 Å². The number of aromatic nitrogens is 1. The molecule has 2 aromatic rings. The van der Waals surface area contributed by atoms with Gasteiger partial charge in [-0.2, -0.15) is 0 Å². The van der Waals surface area contributed by atoms with Crippen LogP contribution in [0.2, 0.25) is 0 Å². The van der Waals surface area contributed by atoms with Crippen molar-refractivity contribution in [3.63, 3.8) is 0 Å². The van der Waals surface area contributed by atoms with Crippen LogP contribution in [0, 0.1) is 0 Å². The number of benzene rings is 1. The molecule has 2 atom stereocenters. The molecule has 0 spiro atoms. The van der Waals surface area contributed by atoms with E-state index >= 15 is 0 Å². The molecule has 0 radical (unpaired) electrons. The number of amides is 3. The molecular weight excluding hydrogens is 366 g/mol. The van der Waals surface area contributed by atoms with E-state index in [4.69, 9.17) is 16.6 Å². The van der Waals surface area contributed by atoms with Crippen LogP contribution < -0.4 is 22.1 Å². The lowest BCUT2D eigenvalue weighted by molar-refractivity contribution is -0.142. The van der Waals surface area contributed by atoms with Gasteiger partial charge in [-0.3, -0.25) is 14.4 Å². The second-order valence-electron chi connectivity index (χ2n) is 6.35. The summed E-state index contributed by atoms with van der Waals surface area (Å²) in [5, 5.41) is 14.6. The molecule has 10 nitrogen and oxygen atoms in total. The van der Waals surface area contributed by atoms with Gasteiger partial charge in [-0.05, 0) is 24.5 Å². The Kier molecular flexibility index (Phi) is 7.10. The van der Waals surface area contributed by atoms with Crippen molar-refractivity contribution in [2.45, 2.75) is 31.3 Å². The number of H-pyrrole nitrogens is 1. The van der Waals surface area contributed by atoms with Crippen molar-refractivity contribution in [1.82, 2.24) is 15.6 Å². The number of aromatic amines is 1. The lowest BCUT2D eigenvalue weighted by Crippen LogP contribution is -2.49. The summed E-state index contributed by atoms with van der Waals surface area (Å²) in [4.78, 5) is 49.0. The van der Waals surface area contributed by atoms with Gasteiger partial charge in [-0.1, -0.05) is 18.2 Å². The minimum Gasteiger partial charge on any atom is -0.480 e. The zero-order chi connectivity index (χ0) is 20.7. The van der Waals surface area contributed by atoms with Gasteiger partial charge in [0.15, 0.2) is 0 Å². The first-order chi connectivity index (χ1) is 13.3. The van der Waals surface area contributed by atoms with E-state index in [1.54, 1.807) is 6.20 Å². The highest BCUT2D eigenvalue weighted by molar-refractivity contribution is 5.90. The lowest BCUT2D eigenvalue weighted by atomic mass is 10.1. The summed E-state index contributed by atoms with van der Waals surface area (Å²) in [5.74, 6) is -3.21. The molecule has 8 N–H and O–H groups in total. The quantitative estimate of drug-likeness (QED) is 0.303. The van der Waals surface area contributed by atoms with Gasteiger partial charge in [-0.25, -0.2) is 4.79 Å². The topological polar surface area (TPSA) is 180 Å². The summed E-state index contributed by atoms with van der Waals surface area (Å²) in [6.45, 7) is -0.430. The van der Waals surface area contributed by atoms with Gasteiger partial charge in [0.1, 0.15) is 6.04 Å². The number of para-hydroxylation sites is 1. The zero-order valence-corrected chi connectivity index (χ0v) is 15.1. The predicted molar refractivity (Wildman–Crippen MR) is 101 cm³/mol. The Morgan fingerprint density at radius 1 is 1.18 bits per heavy atom. The molecule has 1 heterocycles. The summed E-state index contributed by atoms with van der Waals surface area (Å²) in [5.41, 5.74) is 12.7. The number of hydrogen-bond donors (Lipinski definition) is 6. The maximum Gasteiger partial charge on any atom is 0.326 e. The number of rotatable bonds is 10. The summed E-state index contributed by atoms with van der Waals surface area (Å²) in [6.07, 6.45) is 1.73. The standard InChI is InChI=1S/C18H23N5O5/c19-12(7-10-8-21-13-4-2-1-3-11(10)13)17(26)22-9-16(25)23-14(18(27)28)5-6-15(20)24/h1-4,8,12,14,21H,5-7,9,19H2,(H2,20,24)(H,22,26)(H,23,25)(H,27,28). The number of carboxylic acids is 1. The second kappa shape index (κ2) is 9.51. The summed E-state index contributed by atoms with van der Waals surface area (Å²) in [7, 11) is 0. The number of fused-ring (bicyclic) bond motifs is 1. The first-order valence-corrected chi connectivity index (χ1v) is 8.66. The first kappa shape index (κ1) is 20.9. The highest BCUT2D eigenvalue weighted by Gasteiger charge is 2.22. The average Bonchev–Trinajstić information content (AvgIpc) is 3.05. The number of nitrogens with one attached hydrogen (secondary N) is 3. The number of carbonyl (C=O) groups excluding carboxylic acids is 3. The highest BCUT2D eigenvalue weighted by atomic mass is 16.4. The summed E-state index contributed by atoms with van der Waals surface area (Å²) in [6, 6.07) is 5.45. The van der Waals surface area contributed by atoms with Crippen molar-refractivity contribution in [2.24, 2.45) is 11.5 Å². The van der Waals surface area contributed by atoms with Crippen LogP contribution in [0.5, 0.6) is 0 Å². The van der Waals surface area contributed by atoms with Crippen molar-refractivity contribution in [3.05, 3.63) is 36.0 Å². The predicted octanol–water partition coefficient (Wildman–Crippen LogP) is -1.01. The summed E-state index contributed by atoms with van der Waals surface area (Å²) >= 11 is 0. The molecule has 0 bridgehead atoms. The van der Waals surface area contributed by atoms with Gasteiger partial charge in [0.2, 0.25) is 17.7 Å². The number of carboxylic acid groups (broad SMARTS) is 1. The van der Waals surface area contributed by atoms with E-state index in [0.717, 1.165) is 16.5 Å². The second-order valence-corrected chi connectivity index (χ2v) is 6.35. The van der Waals surface area contributed by atoms with Crippen LogP contribution in [0.4, 0.5) is 0 Å². The molecule has 1 aromatic carbocycles. The van der Waals surface area contributed by atoms with Gasteiger partial charge in [-0.15, -0.1) is 0 Å². The minimum absolute atomic E-state index is 0.134. The van der Waals surface area contributed by atoms with Gasteiger partial charge in [0, 0.05) is 23.5 Å². The van der Waals surface area contributed by atoms with E-state index in [2.05, 4.69) is 15.6 Å². The van der Waals surface area contributed by atoms with Crippen molar-refractivity contribution in [1.29, 1.82) is 0 Å². The van der Waals surface area contributed by atoms with Crippen LogP contribution in [0.3, 0.4) is 0 Å². The fourth-order valence-electron chi connectivity index (χ4n) is 2.72. The van der Waals surface area contributed by atoms with E-state index in [1.165, 1.54) is 0 Å². The average molecular weight is 389 g/mol. The van der Waals surface area contributed by atoms with Crippen molar-refractivity contribution < 1.29 is 24.3 Å². The molecule has 150 valence electrons. The van der Waals surface area contributed by atoms with Gasteiger partial charge in [0.25, 0.3) is 0 Å². The molecule has 0 aliphatic heterocycles. The van der Waals surface area contributed by atoms with E-state index < -0.39 is 42.3 Å². The largest absolute Gasteiger partial charge is 0.480 e. The van der Waals surface area contributed by atoms with Gasteiger partial charge in [0.05, 0.1) is 12.6 Å². The maximum absolute atomic E-state index is 12.1. The third-order valence-electron chi connectivity index (χ3n) is 4.19. The molecule has 3 amide bonds. The van der Waals surface area contributed by atoms with Crippen LogP contribution in [0.25, 0.3) is 10.9 Å². The Balaban J connectivity index is 1.83. The molecule has 0 aliphatic rings. The van der Waals surface area contributed by atoms with E-state index in [0.29, 0.717) is 0 Å². The molecule has 0 aliphatic carbocycles. The highest BCUT2D eigenvalue weighted by Crippen LogP contribution is 2.18. The molecule has 1 aromatic heterocycles. The third-order valence-corrected chi connectivity index (χ3v) is 4.19. The zero-order valence-electron chi connectivity index (χ0n) is 15.1. The van der Waals surface area contributed by atoms with Crippen LogP contribution in [-0.4, -0.2) is 52.4 Å². The minimum atomic E-state index is -1.29. The molecule has 28 heavy (non-hydrogen) atoms. The normalized spacial score (nSPS) is 12.9. The van der Waals surface area contributed by atoms with Crippen LogP contribution in [0.15, 0.2) is 30.5 Å². The first-order valence-electron chi connectivity index (χ1n) is 8.66. The molecule has 10 heteroatoms. The summed E-state index contributed by atoms with van der Waals surface area (Å²) < 4.78 is 0. The third kappa shape index (κ3) is 5.81. The Morgan fingerprint density at radius 3 is 2.57 bits per heavy atom. The lowest BCUT2D eigenvalue weighted by Gasteiger charge is -2.15. The van der Waals surface area contributed by atoms with Crippen molar-refractivity contribution in [2.75, 3.05) is 6.54 Å². The smallest absolute Gasteiger partial charge is 0.326 e. The number of primary amides is 1. The molecular formula is C18H23N5O5. The molecule has 2 unspecified atom stereocenters.